The molecule has 1 fully saturated rings. The lowest BCUT2D eigenvalue weighted by Gasteiger charge is -2.32. The summed E-state index contributed by atoms with van der Waals surface area (Å²) in [6.07, 6.45) is 1.89. The van der Waals surface area contributed by atoms with Crippen molar-refractivity contribution in [1.29, 1.82) is 5.26 Å². The van der Waals surface area contributed by atoms with E-state index in [1.807, 2.05) is 39.8 Å². The first kappa shape index (κ1) is 17.0. The summed E-state index contributed by atoms with van der Waals surface area (Å²) in [5.41, 5.74) is 7.13. The molecule has 0 radical (unpaired) electrons. The lowest BCUT2D eigenvalue weighted by atomic mass is 9.77. The third-order valence-corrected chi connectivity index (χ3v) is 4.58. The van der Waals surface area contributed by atoms with Crippen LogP contribution in [0.15, 0.2) is 23.7 Å². The maximum atomic E-state index is 9.05. The Bertz CT molecular complexity index is 634. The number of hydrogen-bond acceptors (Lipinski definition) is 4. The molecular weight excluding hydrogens is 298 g/mol. The molecule has 1 aliphatic heterocycles. The van der Waals surface area contributed by atoms with Crippen LogP contribution < -0.4 is 5.73 Å². The van der Waals surface area contributed by atoms with Crippen LogP contribution in [-0.2, 0) is 9.31 Å². The van der Waals surface area contributed by atoms with Gasteiger partial charge in [0.15, 0.2) is 0 Å². The second kappa shape index (κ2) is 6.06. The highest BCUT2D eigenvalue weighted by molar-refractivity contribution is 6.55. The standard InChI is InChI=1S/C16H20BClN2O2/c1-15(2)16(3,4)22-17(21-15)13(10-20)8-11-5-6-14(18)12(7-11)9-19/h5-8H,10,20H2,1-4H3. The van der Waals surface area contributed by atoms with E-state index in [1.54, 1.807) is 12.1 Å². The van der Waals surface area contributed by atoms with Gasteiger partial charge in [-0.25, -0.2) is 0 Å². The highest BCUT2D eigenvalue weighted by Crippen LogP contribution is 2.38. The lowest BCUT2D eigenvalue weighted by Crippen LogP contribution is -2.41. The second-order valence-corrected chi connectivity index (χ2v) is 6.77. The summed E-state index contributed by atoms with van der Waals surface area (Å²) in [6.45, 7) is 8.30. The first-order valence-electron chi connectivity index (χ1n) is 7.16. The fourth-order valence-electron chi connectivity index (χ4n) is 2.15. The minimum absolute atomic E-state index is 0.307. The Hall–Kier alpha value is -1.32. The van der Waals surface area contributed by atoms with Gasteiger partial charge < -0.3 is 15.0 Å². The van der Waals surface area contributed by atoms with Crippen LogP contribution in [-0.4, -0.2) is 24.9 Å². The van der Waals surface area contributed by atoms with Gasteiger partial charge in [0.25, 0.3) is 0 Å². The van der Waals surface area contributed by atoms with E-state index in [1.165, 1.54) is 0 Å². The molecule has 4 nitrogen and oxygen atoms in total. The number of nitrogens with zero attached hydrogens (tertiary/aromatic N) is 1. The molecule has 116 valence electrons. The van der Waals surface area contributed by atoms with Gasteiger partial charge in [-0.05, 0) is 50.9 Å². The summed E-state index contributed by atoms with van der Waals surface area (Å²) in [6, 6.07) is 7.33. The van der Waals surface area contributed by atoms with Gasteiger partial charge in [0.05, 0.1) is 21.8 Å². The van der Waals surface area contributed by atoms with Crippen molar-refractivity contribution < 1.29 is 9.31 Å². The van der Waals surface area contributed by atoms with Gasteiger partial charge in [-0.1, -0.05) is 23.7 Å². The van der Waals surface area contributed by atoms with Crippen LogP contribution in [0.4, 0.5) is 0 Å². The minimum atomic E-state index is -0.490. The summed E-state index contributed by atoms with van der Waals surface area (Å²) in [7, 11) is -0.490. The molecule has 22 heavy (non-hydrogen) atoms. The summed E-state index contributed by atoms with van der Waals surface area (Å²) in [5.74, 6) is 0. The summed E-state index contributed by atoms with van der Waals surface area (Å²) < 4.78 is 12.0. The molecule has 1 saturated heterocycles. The average Bonchev–Trinajstić information content (AvgIpc) is 2.66. The van der Waals surface area contributed by atoms with E-state index in [2.05, 4.69) is 6.07 Å². The molecular formula is C16H20BClN2O2. The van der Waals surface area contributed by atoms with Crippen LogP contribution in [0.5, 0.6) is 0 Å². The van der Waals surface area contributed by atoms with E-state index in [4.69, 9.17) is 31.9 Å². The third-order valence-electron chi connectivity index (χ3n) is 4.25. The zero-order chi connectivity index (χ0) is 16.5. The molecule has 0 amide bonds. The van der Waals surface area contributed by atoms with Crippen molar-refractivity contribution in [3.63, 3.8) is 0 Å². The lowest BCUT2D eigenvalue weighted by molar-refractivity contribution is 0.00578. The predicted molar refractivity (Wildman–Crippen MR) is 89.3 cm³/mol. The molecule has 0 bridgehead atoms. The van der Waals surface area contributed by atoms with Crippen molar-refractivity contribution in [3.8, 4) is 6.07 Å². The average molecular weight is 319 g/mol. The van der Waals surface area contributed by atoms with Crippen molar-refractivity contribution in [2.45, 2.75) is 38.9 Å². The Morgan fingerprint density at radius 3 is 2.41 bits per heavy atom. The van der Waals surface area contributed by atoms with Gasteiger partial charge >= 0.3 is 7.12 Å². The SMILES string of the molecule is CC1(C)OB(C(=Cc2ccc(Cl)c(C#N)c2)CN)OC1(C)C. The molecule has 2 rings (SSSR count). The van der Waals surface area contributed by atoms with Crippen molar-refractivity contribution in [2.75, 3.05) is 6.54 Å². The fourth-order valence-corrected chi connectivity index (χ4v) is 2.31. The largest absolute Gasteiger partial charge is 0.491 e. The number of benzene rings is 1. The monoisotopic (exact) mass is 318 g/mol. The first-order chi connectivity index (χ1) is 10.2. The Balaban J connectivity index is 2.32. The fraction of sp³-hybridized carbons (Fsp3) is 0.438. The second-order valence-electron chi connectivity index (χ2n) is 6.36. The van der Waals surface area contributed by atoms with Crippen LogP contribution in [0.1, 0.15) is 38.8 Å². The van der Waals surface area contributed by atoms with E-state index >= 15 is 0 Å². The number of halogens is 1. The van der Waals surface area contributed by atoms with Crippen LogP contribution >= 0.6 is 11.6 Å². The van der Waals surface area contributed by atoms with Crippen molar-refractivity contribution >= 4 is 24.8 Å². The number of rotatable bonds is 3. The Kier molecular flexibility index (Phi) is 4.69. The van der Waals surface area contributed by atoms with Crippen LogP contribution in [0, 0.1) is 11.3 Å². The Morgan fingerprint density at radius 2 is 1.91 bits per heavy atom. The number of nitrogens with two attached hydrogens (primary N) is 1. The topological polar surface area (TPSA) is 68.3 Å². The predicted octanol–water partition coefficient (Wildman–Crippen LogP) is 3.19. The Labute approximate surface area is 137 Å². The highest BCUT2D eigenvalue weighted by atomic mass is 35.5. The van der Waals surface area contributed by atoms with Crippen molar-refractivity contribution in [1.82, 2.24) is 0 Å². The molecule has 0 aromatic heterocycles. The molecule has 0 aliphatic carbocycles. The molecule has 6 heteroatoms. The van der Waals surface area contributed by atoms with Gasteiger partial charge in [0, 0.05) is 6.54 Å². The number of hydrogen-bond donors (Lipinski definition) is 1. The van der Waals surface area contributed by atoms with Gasteiger partial charge in [-0.15, -0.1) is 0 Å². The maximum absolute atomic E-state index is 9.05. The van der Waals surface area contributed by atoms with E-state index in [0.29, 0.717) is 17.1 Å². The Morgan fingerprint density at radius 1 is 1.32 bits per heavy atom. The van der Waals surface area contributed by atoms with E-state index < -0.39 is 18.3 Å². The first-order valence-corrected chi connectivity index (χ1v) is 7.54. The molecule has 1 aromatic carbocycles. The van der Waals surface area contributed by atoms with Crippen molar-refractivity contribution in [2.24, 2.45) is 5.73 Å². The molecule has 0 unspecified atom stereocenters. The normalized spacial score (nSPS) is 20.0. The molecule has 1 aliphatic rings. The molecule has 1 heterocycles. The number of nitriles is 1. The van der Waals surface area contributed by atoms with Crippen LogP contribution in [0.25, 0.3) is 6.08 Å². The van der Waals surface area contributed by atoms with Crippen LogP contribution in [0.3, 0.4) is 0 Å². The smallest absolute Gasteiger partial charge is 0.400 e. The van der Waals surface area contributed by atoms with Crippen LogP contribution in [0.2, 0.25) is 5.02 Å². The van der Waals surface area contributed by atoms with E-state index in [-0.39, 0.29) is 0 Å². The molecule has 0 atom stereocenters. The summed E-state index contributed by atoms with van der Waals surface area (Å²) >= 11 is 5.95. The molecule has 0 spiro atoms. The quantitative estimate of drug-likeness (QED) is 0.869. The van der Waals surface area contributed by atoms with E-state index in [0.717, 1.165) is 11.0 Å². The zero-order valence-electron chi connectivity index (χ0n) is 13.3. The maximum Gasteiger partial charge on any atom is 0.491 e. The highest BCUT2D eigenvalue weighted by Gasteiger charge is 2.52. The minimum Gasteiger partial charge on any atom is -0.400 e. The van der Waals surface area contributed by atoms with E-state index in [9.17, 15) is 0 Å². The molecule has 1 aromatic rings. The van der Waals surface area contributed by atoms with Crippen molar-refractivity contribution in [3.05, 3.63) is 39.8 Å². The van der Waals surface area contributed by atoms with Gasteiger partial charge in [0.2, 0.25) is 0 Å². The van der Waals surface area contributed by atoms with Gasteiger partial charge in [-0.3, -0.25) is 0 Å². The molecule has 2 N–H and O–H groups in total. The zero-order valence-corrected chi connectivity index (χ0v) is 14.1. The summed E-state index contributed by atoms with van der Waals surface area (Å²) in [5, 5.41) is 9.49. The summed E-state index contributed by atoms with van der Waals surface area (Å²) in [4.78, 5) is 0. The molecule has 0 saturated carbocycles. The van der Waals surface area contributed by atoms with Gasteiger partial charge in [0.1, 0.15) is 6.07 Å². The third kappa shape index (κ3) is 3.21. The van der Waals surface area contributed by atoms with Gasteiger partial charge in [-0.2, -0.15) is 5.26 Å².